The highest BCUT2D eigenvalue weighted by molar-refractivity contribution is 5.83. The van der Waals surface area contributed by atoms with Crippen LogP contribution in [0.1, 0.15) is 115 Å². The summed E-state index contributed by atoms with van der Waals surface area (Å²) in [5.41, 5.74) is 9.17. The molecule has 0 atom stereocenters. The van der Waals surface area contributed by atoms with Gasteiger partial charge >= 0.3 is 0 Å². The molecule has 0 saturated heterocycles. The van der Waals surface area contributed by atoms with Gasteiger partial charge < -0.3 is 0 Å². The predicted octanol–water partition coefficient (Wildman–Crippen LogP) is 10.7. The molecular formula is C37H47N3. The lowest BCUT2D eigenvalue weighted by Crippen LogP contribution is -2.25. The number of nitrogens with zero attached hydrogens (tertiary/aromatic N) is 3. The molecule has 1 aromatic heterocycles. The summed E-state index contributed by atoms with van der Waals surface area (Å²) in [4.78, 5) is 0. The fraction of sp³-hybridized carbons (Fsp3) is 0.459. The smallest absolute Gasteiger partial charge is 0.113 e. The number of unbranched alkanes of at least 4 members (excludes halogenated alkanes) is 10. The molecule has 3 aromatic carbocycles. The lowest BCUT2D eigenvalue weighted by molar-refractivity contribution is 0.398. The third-order valence-corrected chi connectivity index (χ3v) is 8.99. The lowest BCUT2D eigenvalue weighted by Gasteiger charge is -2.33. The summed E-state index contributed by atoms with van der Waals surface area (Å²) in [6, 6.07) is 26.6. The van der Waals surface area contributed by atoms with Gasteiger partial charge in [-0.05, 0) is 53.3 Å². The van der Waals surface area contributed by atoms with E-state index in [4.69, 9.17) is 0 Å². The Bertz CT molecular complexity index is 1320. The molecule has 0 bridgehead atoms. The second-order valence-electron chi connectivity index (χ2n) is 11.8. The van der Waals surface area contributed by atoms with Crippen molar-refractivity contribution in [1.82, 2.24) is 15.0 Å². The third kappa shape index (κ3) is 6.24. The molecule has 0 aliphatic heterocycles. The van der Waals surface area contributed by atoms with Crippen LogP contribution in [0, 0.1) is 0 Å². The standard InChI is InChI=1S/C37H47N3/c1-3-5-7-9-11-18-26-37(27-19-12-10-8-6-4-2)34-23-17-16-22-32(34)33-25-24-30(28-35(33)37)36-29-40(39-38-36)31-20-14-13-15-21-31/h13-17,20-25,28-29H,3-12,18-19,26-27H2,1-2H3. The molecule has 1 aliphatic carbocycles. The quantitative estimate of drug-likeness (QED) is 0.134. The summed E-state index contributed by atoms with van der Waals surface area (Å²) in [6.07, 6.45) is 20.6. The lowest BCUT2D eigenvalue weighted by atomic mass is 9.70. The van der Waals surface area contributed by atoms with Gasteiger partial charge in [0.05, 0.1) is 11.9 Å². The van der Waals surface area contributed by atoms with Gasteiger partial charge in [0.1, 0.15) is 5.69 Å². The first-order valence-electron chi connectivity index (χ1n) is 16.0. The highest BCUT2D eigenvalue weighted by atomic mass is 15.4. The van der Waals surface area contributed by atoms with Gasteiger partial charge in [0.15, 0.2) is 0 Å². The summed E-state index contributed by atoms with van der Waals surface area (Å²) in [5.74, 6) is 0. The van der Waals surface area contributed by atoms with E-state index in [1.54, 1.807) is 5.56 Å². The van der Waals surface area contributed by atoms with Crippen molar-refractivity contribution in [2.75, 3.05) is 0 Å². The Kier molecular flexibility index (Phi) is 9.86. The minimum absolute atomic E-state index is 0.0902. The second kappa shape index (κ2) is 13.9. The highest BCUT2D eigenvalue weighted by Gasteiger charge is 2.42. The van der Waals surface area contributed by atoms with Crippen LogP contribution in [0.2, 0.25) is 0 Å². The monoisotopic (exact) mass is 533 g/mol. The molecule has 4 aromatic rings. The van der Waals surface area contributed by atoms with E-state index in [2.05, 4.69) is 85.0 Å². The molecule has 0 unspecified atom stereocenters. The van der Waals surface area contributed by atoms with Gasteiger partial charge in [-0.15, -0.1) is 5.10 Å². The van der Waals surface area contributed by atoms with Gasteiger partial charge in [-0.1, -0.05) is 151 Å². The molecule has 0 amide bonds. The van der Waals surface area contributed by atoms with Crippen molar-refractivity contribution in [3.8, 4) is 28.1 Å². The minimum atomic E-state index is 0.0902. The normalized spacial score (nSPS) is 13.3. The third-order valence-electron chi connectivity index (χ3n) is 8.99. The summed E-state index contributed by atoms with van der Waals surface area (Å²) in [6.45, 7) is 4.61. The van der Waals surface area contributed by atoms with E-state index in [-0.39, 0.29) is 5.41 Å². The molecular weight excluding hydrogens is 486 g/mol. The van der Waals surface area contributed by atoms with Gasteiger partial charge in [-0.2, -0.15) is 0 Å². The van der Waals surface area contributed by atoms with Gasteiger partial charge in [0.25, 0.3) is 0 Å². The Morgan fingerprint density at radius 2 is 1.20 bits per heavy atom. The molecule has 0 N–H and O–H groups in total. The molecule has 1 heterocycles. The Balaban J connectivity index is 1.46. The first-order valence-corrected chi connectivity index (χ1v) is 16.0. The molecule has 5 rings (SSSR count). The van der Waals surface area contributed by atoms with Crippen LogP contribution in [0.4, 0.5) is 0 Å². The van der Waals surface area contributed by atoms with Gasteiger partial charge in [-0.25, -0.2) is 4.68 Å². The first-order chi connectivity index (χ1) is 19.8. The zero-order valence-corrected chi connectivity index (χ0v) is 24.7. The fourth-order valence-corrected chi connectivity index (χ4v) is 6.80. The summed E-state index contributed by atoms with van der Waals surface area (Å²) >= 11 is 0. The molecule has 1 aliphatic rings. The molecule has 0 radical (unpaired) electrons. The summed E-state index contributed by atoms with van der Waals surface area (Å²) in [7, 11) is 0. The molecule has 0 saturated carbocycles. The van der Waals surface area contributed by atoms with Crippen LogP contribution in [0.5, 0.6) is 0 Å². The van der Waals surface area contributed by atoms with Crippen LogP contribution < -0.4 is 0 Å². The molecule has 210 valence electrons. The minimum Gasteiger partial charge on any atom is -0.220 e. The Morgan fingerprint density at radius 3 is 1.90 bits per heavy atom. The van der Waals surface area contributed by atoms with Crippen LogP contribution in [-0.2, 0) is 5.41 Å². The number of aromatic nitrogens is 3. The zero-order chi connectivity index (χ0) is 27.6. The maximum absolute atomic E-state index is 4.61. The van der Waals surface area contributed by atoms with E-state index >= 15 is 0 Å². The average molecular weight is 534 g/mol. The van der Waals surface area contributed by atoms with E-state index in [0.717, 1.165) is 11.4 Å². The van der Waals surface area contributed by atoms with Crippen molar-refractivity contribution in [2.24, 2.45) is 0 Å². The number of hydrogen-bond donors (Lipinski definition) is 0. The van der Waals surface area contributed by atoms with E-state index in [1.165, 1.54) is 112 Å². The van der Waals surface area contributed by atoms with Crippen LogP contribution in [-0.4, -0.2) is 15.0 Å². The van der Waals surface area contributed by atoms with Gasteiger partial charge in [-0.3, -0.25) is 0 Å². The van der Waals surface area contributed by atoms with Gasteiger partial charge in [0, 0.05) is 11.0 Å². The number of hydrogen-bond acceptors (Lipinski definition) is 2. The van der Waals surface area contributed by atoms with Crippen molar-refractivity contribution < 1.29 is 0 Å². The number of fused-ring (bicyclic) bond motifs is 3. The largest absolute Gasteiger partial charge is 0.220 e. The van der Waals surface area contributed by atoms with Crippen molar-refractivity contribution in [2.45, 2.75) is 109 Å². The summed E-state index contributed by atoms with van der Waals surface area (Å²) in [5, 5.41) is 9.08. The number of rotatable bonds is 16. The molecule has 0 fully saturated rings. The van der Waals surface area contributed by atoms with Gasteiger partial charge in [0.2, 0.25) is 0 Å². The van der Waals surface area contributed by atoms with E-state index in [1.807, 2.05) is 22.9 Å². The SMILES string of the molecule is CCCCCCCCC1(CCCCCCCC)c2ccccc2-c2ccc(-c3cn(-c4ccccc4)nn3)cc21. The van der Waals surface area contributed by atoms with Crippen LogP contribution >= 0.6 is 0 Å². The van der Waals surface area contributed by atoms with Crippen molar-refractivity contribution in [1.29, 1.82) is 0 Å². The zero-order valence-electron chi connectivity index (χ0n) is 24.7. The first kappa shape index (κ1) is 28.3. The highest BCUT2D eigenvalue weighted by Crippen LogP contribution is 2.54. The maximum Gasteiger partial charge on any atom is 0.113 e. The fourth-order valence-electron chi connectivity index (χ4n) is 6.80. The molecule has 3 heteroatoms. The number of para-hydroxylation sites is 1. The number of benzene rings is 3. The van der Waals surface area contributed by atoms with Crippen LogP contribution in [0.3, 0.4) is 0 Å². The maximum atomic E-state index is 4.61. The van der Waals surface area contributed by atoms with Crippen molar-refractivity contribution >= 4 is 0 Å². The second-order valence-corrected chi connectivity index (χ2v) is 11.8. The van der Waals surface area contributed by atoms with E-state index in [0.29, 0.717) is 0 Å². The van der Waals surface area contributed by atoms with E-state index in [9.17, 15) is 0 Å². The van der Waals surface area contributed by atoms with Crippen LogP contribution in [0.15, 0.2) is 79.0 Å². The average Bonchev–Trinajstić information content (AvgIpc) is 3.60. The molecule has 3 nitrogen and oxygen atoms in total. The van der Waals surface area contributed by atoms with E-state index < -0.39 is 0 Å². The van der Waals surface area contributed by atoms with Crippen molar-refractivity contribution in [3.63, 3.8) is 0 Å². The molecule has 40 heavy (non-hydrogen) atoms. The molecule has 0 spiro atoms. The Hall–Kier alpha value is -3.20. The van der Waals surface area contributed by atoms with Crippen LogP contribution in [0.25, 0.3) is 28.1 Å². The topological polar surface area (TPSA) is 30.7 Å². The van der Waals surface area contributed by atoms with Crippen molar-refractivity contribution in [3.05, 3.63) is 90.1 Å². The Morgan fingerprint density at radius 1 is 0.600 bits per heavy atom. The Labute approximate surface area is 242 Å². The summed E-state index contributed by atoms with van der Waals surface area (Å²) < 4.78 is 1.89. The predicted molar refractivity (Wildman–Crippen MR) is 169 cm³/mol.